The van der Waals surface area contributed by atoms with Gasteiger partial charge in [-0.15, -0.1) is 4.36 Å². The molecule has 5 rings (SSSR count). The van der Waals surface area contributed by atoms with Gasteiger partial charge in [0.05, 0.1) is 41.4 Å². The number of halogens is 2. The number of carbonyl (C=O) groups is 4. The van der Waals surface area contributed by atoms with Gasteiger partial charge in [0, 0.05) is 48.1 Å². The molecule has 4 bridgehead atoms. The van der Waals surface area contributed by atoms with Gasteiger partial charge in [-0.25, -0.2) is 22.8 Å². The van der Waals surface area contributed by atoms with Crippen LogP contribution >= 0.6 is 0 Å². The summed E-state index contributed by atoms with van der Waals surface area (Å²) in [6.07, 6.45) is 3.61. The molecule has 1 unspecified atom stereocenters. The van der Waals surface area contributed by atoms with Gasteiger partial charge in [0.25, 0.3) is 11.8 Å². The minimum atomic E-state index is -3.19. The van der Waals surface area contributed by atoms with Crippen molar-refractivity contribution in [1.82, 2.24) is 20.2 Å². The van der Waals surface area contributed by atoms with Gasteiger partial charge < -0.3 is 24.8 Å². The molecule has 47 heavy (non-hydrogen) atoms. The van der Waals surface area contributed by atoms with E-state index in [0.717, 1.165) is 23.2 Å². The highest BCUT2D eigenvalue weighted by Gasteiger charge is 2.25. The lowest BCUT2D eigenvalue weighted by Gasteiger charge is -2.16. The average molecular weight is 671 g/mol. The van der Waals surface area contributed by atoms with Crippen LogP contribution in [0.5, 0.6) is 11.6 Å². The summed E-state index contributed by atoms with van der Waals surface area (Å²) in [6.45, 7) is -0.651. The number of rotatable bonds is 7. The number of hydrogen-bond donors (Lipinski definition) is 2. The van der Waals surface area contributed by atoms with E-state index >= 15 is 0 Å². The Hall–Kier alpha value is -5.45. The molecule has 2 aromatic heterocycles. The summed E-state index contributed by atoms with van der Waals surface area (Å²) >= 11 is 0. The number of amides is 4. The Balaban J connectivity index is 1.26. The monoisotopic (exact) mass is 670 g/mol. The molecule has 2 N–H and O–H groups in total. The number of carbonyl (C=O) groups excluding carboxylic acids is 4. The molecular weight excluding hydrogens is 642 g/mol. The van der Waals surface area contributed by atoms with Crippen LogP contribution in [0.3, 0.4) is 0 Å². The fourth-order valence-electron chi connectivity index (χ4n) is 4.52. The van der Waals surface area contributed by atoms with Gasteiger partial charge in [0.2, 0.25) is 11.8 Å². The Labute approximate surface area is 267 Å². The van der Waals surface area contributed by atoms with Gasteiger partial charge >= 0.3 is 6.09 Å². The first kappa shape index (κ1) is 32.9. The van der Waals surface area contributed by atoms with E-state index in [0.29, 0.717) is 17.5 Å². The molecule has 1 atom stereocenters. The second kappa shape index (κ2) is 14.3. The van der Waals surface area contributed by atoms with Gasteiger partial charge in [-0.2, -0.15) is 4.98 Å². The summed E-state index contributed by atoms with van der Waals surface area (Å²) in [6, 6.07) is 8.26. The number of aromatic nitrogens is 2. The molecule has 1 aromatic carbocycles. The number of anilines is 2. The summed E-state index contributed by atoms with van der Waals surface area (Å²) in [5.74, 6) is -2.53. The van der Waals surface area contributed by atoms with Crippen LogP contribution < -0.4 is 20.1 Å². The Kier molecular flexibility index (Phi) is 10.0. The van der Waals surface area contributed by atoms with E-state index in [1.807, 2.05) is 0 Å². The Morgan fingerprint density at radius 2 is 1.83 bits per heavy atom. The predicted octanol–water partition coefficient (Wildman–Crippen LogP) is 3.10. The average Bonchev–Trinajstić information content (AvgIpc) is 3.31. The number of ether oxygens (including phenoxy) is 3. The smallest absolute Gasteiger partial charge is 0.441 e. The highest BCUT2D eigenvalue weighted by molar-refractivity contribution is 7.92. The van der Waals surface area contributed by atoms with E-state index in [2.05, 4.69) is 25.0 Å². The number of fused-ring (bicyclic) bond motifs is 6. The van der Waals surface area contributed by atoms with Crippen LogP contribution in [-0.4, -0.2) is 82.1 Å². The zero-order valence-corrected chi connectivity index (χ0v) is 25.7. The molecule has 2 aliphatic rings. The summed E-state index contributed by atoms with van der Waals surface area (Å²) in [5, 5.41) is 5.37. The standard InChI is InChI=1S/C30H28F2N6O8S/c1-47(43,37-30(42)46-10-7-33-26(39)16-38-28(40)5-6-29(38)41)17-18-11-25-35-24-14-21(22(32)15-34-24)20-4-3-19(31)13-23(20)44-8-2-9-45-27(12-18)36-25/h3-6,11-15H,2,7-10,16-17H2,1H3,(H,33,39)(H,34,35,36). The lowest BCUT2D eigenvalue weighted by Crippen LogP contribution is -2.41. The minimum Gasteiger partial charge on any atom is -0.493 e. The Morgan fingerprint density at radius 3 is 2.62 bits per heavy atom. The van der Waals surface area contributed by atoms with Crippen molar-refractivity contribution in [2.75, 3.05) is 44.5 Å². The van der Waals surface area contributed by atoms with Crippen molar-refractivity contribution in [2.24, 2.45) is 4.36 Å². The summed E-state index contributed by atoms with van der Waals surface area (Å²) in [4.78, 5) is 56.6. The third kappa shape index (κ3) is 8.84. The quantitative estimate of drug-likeness (QED) is 0.279. The molecule has 0 fully saturated rings. The van der Waals surface area contributed by atoms with E-state index in [9.17, 15) is 32.2 Å². The minimum absolute atomic E-state index is 0.115. The van der Waals surface area contributed by atoms with Crippen LogP contribution in [0.25, 0.3) is 11.1 Å². The third-order valence-corrected chi connectivity index (χ3v) is 7.96. The van der Waals surface area contributed by atoms with E-state index in [1.54, 1.807) is 6.07 Å². The first-order chi connectivity index (χ1) is 22.5. The van der Waals surface area contributed by atoms with Crippen molar-refractivity contribution in [3.63, 3.8) is 0 Å². The van der Waals surface area contributed by atoms with E-state index in [4.69, 9.17) is 14.2 Å². The Bertz CT molecular complexity index is 1880. The molecule has 0 saturated heterocycles. The summed E-state index contributed by atoms with van der Waals surface area (Å²) < 4.78 is 62.2. The van der Waals surface area contributed by atoms with Crippen molar-refractivity contribution in [2.45, 2.75) is 12.2 Å². The zero-order chi connectivity index (χ0) is 33.6. The van der Waals surface area contributed by atoms with Gasteiger partial charge in [-0.05, 0) is 29.8 Å². The largest absolute Gasteiger partial charge is 0.493 e. The van der Waals surface area contributed by atoms with Crippen LogP contribution in [0.1, 0.15) is 12.0 Å². The normalized spacial score (nSPS) is 15.3. The predicted molar refractivity (Wildman–Crippen MR) is 163 cm³/mol. The topological polar surface area (TPSA) is 178 Å². The summed E-state index contributed by atoms with van der Waals surface area (Å²) in [7, 11) is -3.19. The van der Waals surface area contributed by atoms with Gasteiger partial charge in [0.15, 0.2) is 0 Å². The molecular formula is C30H28F2N6O8S. The van der Waals surface area contributed by atoms with E-state index < -0.39 is 51.7 Å². The maximum absolute atomic E-state index is 14.9. The van der Waals surface area contributed by atoms with Crippen molar-refractivity contribution < 1.29 is 46.4 Å². The molecule has 2 aliphatic heterocycles. The molecule has 0 aliphatic carbocycles. The molecule has 246 valence electrons. The molecule has 14 nitrogen and oxygen atoms in total. The lowest BCUT2D eigenvalue weighted by molar-refractivity contribution is -0.141. The van der Waals surface area contributed by atoms with Gasteiger partial charge in [0.1, 0.15) is 42.2 Å². The maximum atomic E-state index is 14.9. The van der Waals surface area contributed by atoms with E-state index in [1.165, 1.54) is 36.6 Å². The van der Waals surface area contributed by atoms with Crippen molar-refractivity contribution in [3.05, 3.63) is 71.9 Å². The number of nitrogens with one attached hydrogen (secondary N) is 2. The van der Waals surface area contributed by atoms with Crippen LogP contribution in [0.15, 0.2) is 59.1 Å². The van der Waals surface area contributed by atoms with E-state index in [-0.39, 0.29) is 60.9 Å². The molecule has 0 saturated carbocycles. The van der Waals surface area contributed by atoms with Crippen molar-refractivity contribution in [1.29, 1.82) is 0 Å². The molecule has 0 spiro atoms. The first-order valence-electron chi connectivity index (χ1n) is 14.1. The number of hydrogen-bond acceptors (Lipinski definition) is 11. The van der Waals surface area contributed by atoms with Crippen LogP contribution in [0.4, 0.5) is 25.2 Å². The molecule has 3 aromatic rings. The van der Waals surface area contributed by atoms with Crippen molar-refractivity contribution in [3.8, 4) is 22.8 Å². The van der Waals surface area contributed by atoms with Gasteiger partial charge in [-0.1, -0.05) is 0 Å². The first-order valence-corrected chi connectivity index (χ1v) is 16.2. The number of benzene rings is 1. The van der Waals surface area contributed by atoms with Crippen LogP contribution in [0, 0.1) is 11.6 Å². The molecule has 0 radical (unpaired) electrons. The van der Waals surface area contributed by atoms with Crippen LogP contribution in [0.2, 0.25) is 0 Å². The highest BCUT2D eigenvalue weighted by Crippen LogP contribution is 2.34. The molecule has 4 heterocycles. The number of imide groups is 1. The second-order valence-corrected chi connectivity index (χ2v) is 12.7. The third-order valence-electron chi connectivity index (χ3n) is 6.56. The lowest BCUT2D eigenvalue weighted by atomic mass is 10.0. The fourth-order valence-corrected chi connectivity index (χ4v) is 5.74. The highest BCUT2D eigenvalue weighted by atomic mass is 32.2. The maximum Gasteiger partial charge on any atom is 0.441 e. The summed E-state index contributed by atoms with van der Waals surface area (Å²) in [5.41, 5.74) is 0.870. The van der Waals surface area contributed by atoms with Gasteiger partial charge in [-0.3, -0.25) is 19.3 Å². The zero-order valence-electron chi connectivity index (χ0n) is 24.9. The SMILES string of the molecule is CS(=O)(Cc1cc2nc(c1)OCCCOc1cc(F)ccc1-c1cc(ncc1F)N2)=NC(=O)OCCNC(=O)CN1C(=O)C=CC1=O. The molecule has 4 amide bonds. The fraction of sp³-hybridized carbons (Fsp3) is 0.267. The second-order valence-electron chi connectivity index (χ2n) is 10.3. The Morgan fingerprint density at radius 1 is 1.06 bits per heavy atom. The van der Waals surface area contributed by atoms with Crippen molar-refractivity contribution >= 4 is 45.2 Å². The van der Waals surface area contributed by atoms with Crippen LogP contribution in [-0.2, 0) is 34.6 Å². The number of pyridine rings is 2. The molecule has 17 heteroatoms. The number of nitrogens with zero attached hydrogens (tertiary/aromatic N) is 4.